The fourth-order valence-corrected chi connectivity index (χ4v) is 2.30. The van der Waals surface area contributed by atoms with Crippen molar-refractivity contribution in [2.45, 2.75) is 32.2 Å². The highest BCUT2D eigenvalue weighted by atomic mass is 16.3. The van der Waals surface area contributed by atoms with Gasteiger partial charge in [0.25, 0.3) is 5.91 Å². The van der Waals surface area contributed by atoms with Crippen LogP contribution in [0.15, 0.2) is 18.3 Å². The van der Waals surface area contributed by atoms with E-state index in [1.165, 1.54) is 0 Å². The molecule has 2 rings (SSSR count). The van der Waals surface area contributed by atoms with Crippen LogP contribution in [0.5, 0.6) is 0 Å². The molecule has 2 atom stereocenters. The number of carbonyl (C=O) groups is 1. The number of nitrogens with zero attached hydrogens (tertiary/aromatic N) is 1. The second-order valence-electron chi connectivity index (χ2n) is 4.64. The summed E-state index contributed by atoms with van der Waals surface area (Å²) in [6.07, 6.45) is 4.61. The number of nitrogens with one attached hydrogen (secondary N) is 1. The van der Waals surface area contributed by atoms with Gasteiger partial charge >= 0.3 is 0 Å². The van der Waals surface area contributed by atoms with Crippen LogP contribution >= 0.6 is 0 Å². The van der Waals surface area contributed by atoms with Gasteiger partial charge < -0.3 is 10.4 Å². The molecule has 0 aromatic carbocycles. The summed E-state index contributed by atoms with van der Waals surface area (Å²) in [6, 6.07) is 3.71. The first kappa shape index (κ1) is 12.0. The molecule has 1 heterocycles. The number of pyridine rings is 1. The highest BCUT2D eigenvalue weighted by Crippen LogP contribution is 2.25. The molecule has 1 amide bonds. The minimum Gasteiger partial charge on any atom is -0.396 e. The average Bonchev–Trinajstić information content (AvgIpc) is 2.77. The average molecular weight is 234 g/mol. The zero-order chi connectivity index (χ0) is 12.3. The normalized spacial score (nSPS) is 23.6. The molecule has 1 aromatic rings. The SMILES string of the molecule is Cc1ccc(C(=O)NC2CCCC2CO)cn1. The summed E-state index contributed by atoms with van der Waals surface area (Å²) in [7, 11) is 0. The molecule has 0 aliphatic heterocycles. The Balaban J connectivity index is 1.99. The Hall–Kier alpha value is -1.42. The number of rotatable bonds is 3. The fraction of sp³-hybridized carbons (Fsp3) is 0.538. The maximum absolute atomic E-state index is 11.9. The van der Waals surface area contributed by atoms with Crippen molar-refractivity contribution in [1.29, 1.82) is 0 Å². The Bertz CT molecular complexity index is 389. The number of aliphatic hydroxyl groups is 1. The highest BCUT2D eigenvalue weighted by molar-refractivity contribution is 5.94. The van der Waals surface area contributed by atoms with Crippen molar-refractivity contribution < 1.29 is 9.90 Å². The lowest BCUT2D eigenvalue weighted by atomic mass is 10.0. The first-order valence-electron chi connectivity index (χ1n) is 6.05. The van der Waals surface area contributed by atoms with Crippen molar-refractivity contribution in [2.75, 3.05) is 6.61 Å². The van der Waals surface area contributed by atoms with Crippen LogP contribution in [0.1, 0.15) is 35.3 Å². The Kier molecular flexibility index (Phi) is 3.74. The summed E-state index contributed by atoms with van der Waals surface area (Å²) in [6.45, 7) is 2.04. The summed E-state index contributed by atoms with van der Waals surface area (Å²) in [5.41, 5.74) is 1.48. The molecule has 0 saturated heterocycles. The lowest BCUT2D eigenvalue weighted by Gasteiger charge is -2.18. The molecule has 2 unspecified atom stereocenters. The van der Waals surface area contributed by atoms with Crippen LogP contribution in [0.4, 0.5) is 0 Å². The van der Waals surface area contributed by atoms with E-state index in [1.807, 2.05) is 13.0 Å². The number of hydrogen-bond donors (Lipinski definition) is 2. The maximum atomic E-state index is 11.9. The van der Waals surface area contributed by atoms with Crippen LogP contribution in [0.3, 0.4) is 0 Å². The monoisotopic (exact) mass is 234 g/mol. The van der Waals surface area contributed by atoms with Crippen LogP contribution in [-0.4, -0.2) is 28.6 Å². The summed E-state index contributed by atoms with van der Waals surface area (Å²) >= 11 is 0. The van der Waals surface area contributed by atoms with Crippen LogP contribution in [0.2, 0.25) is 0 Å². The van der Waals surface area contributed by atoms with Crippen molar-refractivity contribution in [1.82, 2.24) is 10.3 Å². The predicted molar refractivity (Wildman–Crippen MR) is 64.7 cm³/mol. The number of carbonyl (C=O) groups excluding carboxylic acids is 1. The predicted octanol–water partition coefficient (Wildman–Crippen LogP) is 1.28. The van der Waals surface area contributed by atoms with Crippen LogP contribution in [0.25, 0.3) is 0 Å². The number of amides is 1. The third-order valence-corrected chi connectivity index (χ3v) is 3.38. The first-order valence-corrected chi connectivity index (χ1v) is 6.05. The minimum absolute atomic E-state index is 0.0946. The molecule has 0 spiro atoms. The molecule has 2 N–H and O–H groups in total. The largest absolute Gasteiger partial charge is 0.396 e. The summed E-state index contributed by atoms with van der Waals surface area (Å²) < 4.78 is 0. The van der Waals surface area contributed by atoms with Gasteiger partial charge in [-0.3, -0.25) is 9.78 Å². The van der Waals surface area contributed by atoms with Crippen molar-refractivity contribution in [2.24, 2.45) is 5.92 Å². The summed E-state index contributed by atoms with van der Waals surface area (Å²) in [5, 5.41) is 12.2. The van der Waals surface area contributed by atoms with Crippen LogP contribution in [-0.2, 0) is 0 Å². The van der Waals surface area contributed by atoms with Gasteiger partial charge in [-0.2, -0.15) is 0 Å². The first-order chi connectivity index (χ1) is 8.20. The lowest BCUT2D eigenvalue weighted by Crippen LogP contribution is -2.38. The van der Waals surface area contributed by atoms with E-state index in [1.54, 1.807) is 12.3 Å². The van der Waals surface area contributed by atoms with Gasteiger partial charge in [-0.1, -0.05) is 6.42 Å². The topological polar surface area (TPSA) is 62.2 Å². The molecule has 0 radical (unpaired) electrons. The Morgan fingerprint density at radius 1 is 1.53 bits per heavy atom. The van der Waals surface area contributed by atoms with E-state index >= 15 is 0 Å². The molecule has 1 aliphatic rings. The zero-order valence-corrected chi connectivity index (χ0v) is 10.0. The second-order valence-corrected chi connectivity index (χ2v) is 4.64. The lowest BCUT2D eigenvalue weighted by molar-refractivity contribution is 0.0915. The van der Waals surface area contributed by atoms with E-state index in [4.69, 9.17) is 0 Å². The number of aryl methyl sites for hydroxylation is 1. The molecular weight excluding hydrogens is 216 g/mol. The highest BCUT2D eigenvalue weighted by Gasteiger charge is 2.28. The zero-order valence-electron chi connectivity index (χ0n) is 10.0. The summed E-state index contributed by atoms with van der Waals surface area (Å²) in [4.78, 5) is 16.0. The van der Waals surface area contributed by atoms with E-state index in [9.17, 15) is 9.90 Å². The van der Waals surface area contributed by atoms with Gasteiger partial charge in [-0.25, -0.2) is 0 Å². The van der Waals surface area contributed by atoms with E-state index in [2.05, 4.69) is 10.3 Å². The van der Waals surface area contributed by atoms with E-state index < -0.39 is 0 Å². The van der Waals surface area contributed by atoms with E-state index in [-0.39, 0.29) is 24.5 Å². The van der Waals surface area contributed by atoms with Crippen molar-refractivity contribution in [3.63, 3.8) is 0 Å². The minimum atomic E-state index is -0.0946. The standard InChI is InChI=1S/C13H18N2O2/c1-9-5-6-10(7-14-9)13(17)15-12-4-2-3-11(12)8-16/h5-7,11-12,16H,2-4,8H2,1H3,(H,15,17). The second kappa shape index (κ2) is 5.27. The van der Waals surface area contributed by atoms with Gasteiger partial charge in [-0.15, -0.1) is 0 Å². The van der Waals surface area contributed by atoms with Crippen LogP contribution < -0.4 is 5.32 Å². The Labute approximate surface area is 101 Å². The van der Waals surface area contributed by atoms with E-state index in [0.717, 1.165) is 25.0 Å². The van der Waals surface area contributed by atoms with E-state index in [0.29, 0.717) is 5.56 Å². The van der Waals surface area contributed by atoms with Gasteiger partial charge in [0.05, 0.1) is 5.56 Å². The van der Waals surface area contributed by atoms with Crippen LogP contribution in [0, 0.1) is 12.8 Å². The third-order valence-electron chi connectivity index (χ3n) is 3.38. The molecule has 1 fully saturated rings. The number of aromatic nitrogens is 1. The molecule has 4 heteroatoms. The van der Waals surface area contributed by atoms with Crippen molar-refractivity contribution in [3.05, 3.63) is 29.6 Å². The molecule has 1 aliphatic carbocycles. The molecule has 1 saturated carbocycles. The quantitative estimate of drug-likeness (QED) is 0.828. The Morgan fingerprint density at radius 3 is 3.00 bits per heavy atom. The third kappa shape index (κ3) is 2.82. The number of aliphatic hydroxyl groups excluding tert-OH is 1. The van der Waals surface area contributed by atoms with Gasteiger partial charge in [0, 0.05) is 30.5 Å². The smallest absolute Gasteiger partial charge is 0.253 e. The molecule has 17 heavy (non-hydrogen) atoms. The van der Waals surface area contributed by atoms with Gasteiger partial charge in [0.15, 0.2) is 0 Å². The molecule has 1 aromatic heterocycles. The molecule has 0 bridgehead atoms. The van der Waals surface area contributed by atoms with Gasteiger partial charge in [-0.05, 0) is 31.9 Å². The van der Waals surface area contributed by atoms with Gasteiger partial charge in [0.2, 0.25) is 0 Å². The maximum Gasteiger partial charge on any atom is 0.253 e. The number of hydrogen-bond acceptors (Lipinski definition) is 3. The Morgan fingerprint density at radius 2 is 2.35 bits per heavy atom. The molecular formula is C13H18N2O2. The molecule has 4 nitrogen and oxygen atoms in total. The van der Waals surface area contributed by atoms with Crippen molar-refractivity contribution >= 4 is 5.91 Å². The van der Waals surface area contributed by atoms with Gasteiger partial charge in [0.1, 0.15) is 0 Å². The molecule has 92 valence electrons. The summed E-state index contributed by atoms with van der Waals surface area (Å²) in [5.74, 6) is 0.111. The van der Waals surface area contributed by atoms with Crippen molar-refractivity contribution in [3.8, 4) is 0 Å². The fourth-order valence-electron chi connectivity index (χ4n) is 2.30.